The summed E-state index contributed by atoms with van der Waals surface area (Å²) in [5.74, 6) is 0.686. The molecule has 2 rings (SSSR count). The fraction of sp³-hybridized carbons (Fsp3) is 0.294. The zero-order valence-corrected chi connectivity index (χ0v) is 13.8. The maximum Gasteiger partial charge on any atom is 0.119 e. The number of benzene rings is 2. The van der Waals surface area contributed by atoms with Gasteiger partial charge in [-0.1, -0.05) is 35.3 Å². The minimum Gasteiger partial charge on any atom is -0.491 e. The van der Waals surface area contributed by atoms with Gasteiger partial charge in [0.2, 0.25) is 0 Å². The van der Waals surface area contributed by atoms with Crippen LogP contribution in [0.25, 0.3) is 0 Å². The fourth-order valence-electron chi connectivity index (χ4n) is 1.99. The zero-order valence-electron chi connectivity index (χ0n) is 12.3. The van der Waals surface area contributed by atoms with E-state index < -0.39 is 6.10 Å². The van der Waals surface area contributed by atoms with E-state index in [0.29, 0.717) is 22.3 Å². The lowest BCUT2D eigenvalue weighted by Crippen LogP contribution is -2.33. The van der Waals surface area contributed by atoms with E-state index in [1.807, 2.05) is 31.2 Å². The van der Waals surface area contributed by atoms with Crippen molar-refractivity contribution in [1.82, 2.24) is 5.32 Å². The topological polar surface area (TPSA) is 41.5 Å². The Morgan fingerprint density at radius 2 is 1.82 bits per heavy atom. The van der Waals surface area contributed by atoms with Gasteiger partial charge >= 0.3 is 0 Å². The highest BCUT2D eigenvalue weighted by atomic mass is 35.5. The van der Waals surface area contributed by atoms with Gasteiger partial charge in [-0.3, -0.25) is 0 Å². The predicted molar refractivity (Wildman–Crippen MR) is 90.8 cm³/mol. The Hall–Kier alpha value is -1.26. The Bertz CT molecular complexity index is 589. The number of hydrogen-bond acceptors (Lipinski definition) is 3. The van der Waals surface area contributed by atoms with Crippen molar-refractivity contribution in [3.8, 4) is 5.75 Å². The second-order valence-electron chi connectivity index (χ2n) is 5.10. The maximum absolute atomic E-state index is 9.98. The molecule has 5 heteroatoms. The molecule has 0 fully saturated rings. The molecule has 118 valence electrons. The van der Waals surface area contributed by atoms with Crippen LogP contribution in [0.15, 0.2) is 48.5 Å². The summed E-state index contributed by atoms with van der Waals surface area (Å²) in [6.07, 6.45) is -0.600. The van der Waals surface area contributed by atoms with Gasteiger partial charge in [0.25, 0.3) is 0 Å². The first-order chi connectivity index (χ1) is 10.5. The lowest BCUT2D eigenvalue weighted by Gasteiger charge is -2.18. The molecule has 0 bridgehead atoms. The van der Waals surface area contributed by atoms with Crippen LogP contribution in [0.2, 0.25) is 10.0 Å². The summed E-state index contributed by atoms with van der Waals surface area (Å²) in [6, 6.07) is 14.8. The van der Waals surface area contributed by atoms with Crippen molar-refractivity contribution >= 4 is 23.2 Å². The Morgan fingerprint density at radius 1 is 1.09 bits per heavy atom. The van der Waals surface area contributed by atoms with Crippen molar-refractivity contribution < 1.29 is 9.84 Å². The molecule has 0 saturated heterocycles. The van der Waals surface area contributed by atoms with Crippen molar-refractivity contribution in [1.29, 1.82) is 0 Å². The fourth-order valence-corrected chi connectivity index (χ4v) is 2.31. The second kappa shape index (κ2) is 8.39. The van der Waals surface area contributed by atoms with Crippen LogP contribution in [-0.2, 0) is 0 Å². The van der Waals surface area contributed by atoms with E-state index in [4.69, 9.17) is 27.9 Å². The number of nitrogens with one attached hydrogen (secondary N) is 1. The van der Waals surface area contributed by atoms with Gasteiger partial charge in [0.1, 0.15) is 18.5 Å². The van der Waals surface area contributed by atoms with Gasteiger partial charge in [-0.25, -0.2) is 0 Å². The van der Waals surface area contributed by atoms with Crippen molar-refractivity contribution in [3.63, 3.8) is 0 Å². The van der Waals surface area contributed by atoms with Crippen molar-refractivity contribution in [2.75, 3.05) is 13.2 Å². The third kappa shape index (κ3) is 5.50. The van der Waals surface area contributed by atoms with Gasteiger partial charge in [-0.15, -0.1) is 0 Å². The summed E-state index contributed by atoms with van der Waals surface area (Å²) in [5.41, 5.74) is 1.08. The summed E-state index contributed by atoms with van der Waals surface area (Å²) in [7, 11) is 0. The summed E-state index contributed by atoms with van der Waals surface area (Å²) in [6.45, 7) is 2.68. The summed E-state index contributed by atoms with van der Waals surface area (Å²) in [4.78, 5) is 0. The van der Waals surface area contributed by atoms with E-state index >= 15 is 0 Å². The highest BCUT2D eigenvalue weighted by molar-refractivity contribution is 6.30. The number of halogens is 2. The number of ether oxygens (including phenoxy) is 1. The predicted octanol–water partition coefficient (Wildman–Crippen LogP) is 4.08. The van der Waals surface area contributed by atoms with Crippen LogP contribution in [0.5, 0.6) is 5.75 Å². The highest BCUT2D eigenvalue weighted by Crippen LogP contribution is 2.18. The summed E-state index contributed by atoms with van der Waals surface area (Å²) < 4.78 is 5.51. The van der Waals surface area contributed by atoms with Crippen LogP contribution < -0.4 is 10.1 Å². The number of hydrogen-bond donors (Lipinski definition) is 2. The number of aliphatic hydroxyl groups excluding tert-OH is 1. The first kappa shape index (κ1) is 17.1. The molecule has 2 aromatic carbocycles. The third-order valence-corrected chi connectivity index (χ3v) is 3.75. The van der Waals surface area contributed by atoms with E-state index in [1.165, 1.54) is 0 Å². The minimum absolute atomic E-state index is 0.101. The molecule has 0 aliphatic heterocycles. The van der Waals surface area contributed by atoms with Gasteiger partial charge < -0.3 is 15.2 Å². The molecule has 0 spiro atoms. The zero-order chi connectivity index (χ0) is 15.9. The molecule has 0 amide bonds. The Morgan fingerprint density at radius 3 is 2.50 bits per heavy atom. The van der Waals surface area contributed by atoms with Crippen LogP contribution in [0, 0.1) is 0 Å². The summed E-state index contributed by atoms with van der Waals surface area (Å²) >= 11 is 11.8. The average Bonchev–Trinajstić information content (AvgIpc) is 2.52. The first-order valence-corrected chi connectivity index (χ1v) is 7.85. The van der Waals surface area contributed by atoms with E-state index in [-0.39, 0.29) is 12.6 Å². The Kier molecular flexibility index (Phi) is 6.52. The molecule has 2 N–H and O–H groups in total. The maximum atomic E-state index is 9.98. The molecule has 0 radical (unpaired) electrons. The van der Waals surface area contributed by atoms with Crippen LogP contribution in [0.4, 0.5) is 0 Å². The van der Waals surface area contributed by atoms with Crippen LogP contribution in [0.3, 0.4) is 0 Å². The number of aliphatic hydroxyl groups is 1. The molecule has 0 aliphatic rings. The second-order valence-corrected chi connectivity index (χ2v) is 5.98. The van der Waals surface area contributed by atoms with Gasteiger partial charge in [0.15, 0.2) is 0 Å². The largest absolute Gasteiger partial charge is 0.491 e. The lowest BCUT2D eigenvalue weighted by molar-refractivity contribution is 0.104. The average molecular weight is 340 g/mol. The van der Waals surface area contributed by atoms with E-state index in [0.717, 1.165) is 5.56 Å². The van der Waals surface area contributed by atoms with Gasteiger partial charge in [0, 0.05) is 22.6 Å². The Balaban J connectivity index is 1.75. The SMILES string of the molecule is CC(NCC(O)COc1ccc(Cl)cc1)c1cccc(Cl)c1. The molecule has 0 aliphatic carbocycles. The smallest absolute Gasteiger partial charge is 0.119 e. The van der Waals surface area contributed by atoms with Crippen LogP contribution >= 0.6 is 23.2 Å². The standard InChI is InChI=1S/C17H19Cl2NO2/c1-12(13-3-2-4-15(19)9-13)20-10-16(21)11-22-17-7-5-14(18)6-8-17/h2-9,12,16,20-21H,10-11H2,1H3. The number of rotatable bonds is 7. The quantitative estimate of drug-likeness (QED) is 0.798. The molecule has 2 aromatic rings. The van der Waals surface area contributed by atoms with Crippen LogP contribution in [0.1, 0.15) is 18.5 Å². The molecule has 2 atom stereocenters. The van der Waals surface area contributed by atoms with Crippen molar-refractivity contribution in [2.45, 2.75) is 19.1 Å². The Labute approximate surface area is 140 Å². The molecule has 0 saturated carbocycles. The summed E-state index contributed by atoms with van der Waals surface area (Å²) in [5, 5.41) is 14.6. The highest BCUT2D eigenvalue weighted by Gasteiger charge is 2.10. The molecule has 0 aromatic heterocycles. The normalized spacial score (nSPS) is 13.6. The minimum atomic E-state index is -0.600. The third-order valence-electron chi connectivity index (χ3n) is 3.26. The van der Waals surface area contributed by atoms with Gasteiger partial charge in [-0.2, -0.15) is 0 Å². The molecule has 2 unspecified atom stereocenters. The van der Waals surface area contributed by atoms with E-state index in [2.05, 4.69) is 5.32 Å². The van der Waals surface area contributed by atoms with E-state index in [9.17, 15) is 5.11 Å². The van der Waals surface area contributed by atoms with Gasteiger partial charge in [0.05, 0.1) is 0 Å². The van der Waals surface area contributed by atoms with Crippen molar-refractivity contribution in [3.05, 3.63) is 64.1 Å². The van der Waals surface area contributed by atoms with E-state index in [1.54, 1.807) is 24.3 Å². The molecule has 22 heavy (non-hydrogen) atoms. The van der Waals surface area contributed by atoms with Crippen LogP contribution in [-0.4, -0.2) is 24.4 Å². The van der Waals surface area contributed by atoms with Crippen molar-refractivity contribution in [2.24, 2.45) is 0 Å². The monoisotopic (exact) mass is 339 g/mol. The lowest BCUT2D eigenvalue weighted by atomic mass is 10.1. The first-order valence-electron chi connectivity index (χ1n) is 7.10. The molecular formula is C17H19Cl2NO2. The van der Waals surface area contributed by atoms with Gasteiger partial charge in [-0.05, 0) is 48.9 Å². The molecule has 3 nitrogen and oxygen atoms in total. The molecule has 0 heterocycles. The molecular weight excluding hydrogens is 321 g/mol.